The molecule has 0 bridgehead atoms. The second kappa shape index (κ2) is 9.43. The van der Waals surface area contributed by atoms with E-state index in [0.29, 0.717) is 33.9 Å². The molecule has 1 saturated heterocycles. The van der Waals surface area contributed by atoms with Gasteiger partial charge >= 0.3 is 0 Å². The molecular weight excluding hydrogens is 526 g/mol. The smallest absolute Gasteiger partial charge is 0.270 e. The summed E-state index contributed by atoms with van der Waals surface area (Å²) in [4.78, 5) is 15.0. The van der Waals surface area contributed by atoms with Crippen molar-refractivity contribution >= 4 is 77.8 Å². The summed E-state index contributed by atoms with van der Waals surface area (Å²) >= 11 is 13.7. The molecule has 4 nitrogen and oxygen atoms in total. The molecule has 8 heteroatoms. The van der Waals surface area contributed by atoms with Crippen molar-refractivity contribution in [2.75, 3.05) is 18.1 Å². The van der Waals surface area contributed by atoms with Crippen molar-refractivity contribution in [3.8, 4) is 11.5 Å². The molecule has 1 fully saturated rings. The highest BCUT2D eigenvalue weighted by Crippen LogP contribution is 2.40. The first-order valence-corrected chi connectivity index (χ1v) is 11.4. The Kier molecular flexibility index (Phi) is 7.20. The highest BCUT2D eigenvalue weighted by atomic mass is 79.9. The molecule has 1 aliphatic rings. The maximum atomic E-state index is 12.9. The fourth-order valence-electron chi connectivity index (χ4n) is 2.65. The summed E-state index contributed by atoms with van der Waals surface area (Å²) < 4.78 is 13.6. The number of rotatable bonds is 6. The maximum Gasteiger partial charge on any atom is 0.270 e. The van der Waals surface area contributed by atoms with E-state index in [-0.39, 0.29) is 5.91 Å². The minimum atomic E-state index is -0.139. The van der Waals surface area contributed by atoms with Crippen LogP contribution in [0.15, 0.2) is 50.2 Å². The van der Waals surface area contributed by atoms with Crippen LogP contribution in [0.1, 0.15) is 19.4 Å². The fraction of sp³-hybridized carbons (Fsp3) is 0.200. The Morgan fingerprint density at radius 3 is 2.43 bits per heavy atom. The molecule has 0 unspecified atom stereocenters. The van der Waals surface area contributed by atoms with E-state index in [0.717, 1.165) is 20.2 Å². The second-order valence-corrected chi connectivity index (χ2v) is 9.14. The van der Waals surface area contributed by atoms with Crippen molar-refractivity contribution in [2.45, 2.75) is 13.8 Å². The van der Waals surface area contributed by atoms with Crippen LogP contribution >= 0.6 is 55.8 Å². The Morgan fingerprint density at radius 1 is 1.11 bits per heavy atom. The topological polar surface area (TPSA) is 38.8 Å². The average Bonchev–Trinajstić information content (AvgIpc) is 2.93. The summed E-state index contributed by atoms with van der Waals surface area (Å²) in [5, 5.41) is 0. The van der Waals surface area contributed by atoms with E-state index in [9.17, 15) is 4.79 Å². The molecule has 1 amide bonds. The first-order chi connectivity index (χ1) is 13.4. The Morgan fingerprint density at radius 2 is 1.79 bits per heavy atom. The lowest BCUT2D eigenvalue weighted by atomic mass is 10.1. The van der Waals surface area contributed by atoms with Crippen molar-refractivity contribution < 1.29 is 14.3 Å². The van der Waals surface area contributed by atoms with E-state index in [4.69, 9.17) is 21.7 Å². The SMILES string of the molecule is CCOc1cc(/C=C2/SC(=S)N(c3ccc(Br)cc3)C2=O)cc(Br)c1OCC. The number of halogens is 2. The number of thioether (sulfide) groups is 1. The van der Waals surface area contributed by atoms with Gasteiger partial charge in [0.15, 0.2) is 15.8 Å². The van der Waals surface area contributed by atoms with Crippen molar-refractivity contribution in [3.05, 3.63) is 55.8 Å². The van der Waals surface area contributed by atoms with Gasteiger partial charge < -0.3 is 9.47 Å². The molecule has 0 N–H and O–H groups in total. The lowest BCUT2D eigenvalue weighted by Gasteiger charge is -2.14. The normalized spacial score (nSPS) is 15.4. The van der Waals surface area contributed by atoms with Gasteiger partial charge in [-0.15, -0.1) is 0 Å². The average molecular weight is 543 g/mol. The summed E-state index contributed by atoms with van der Waals surface area (Å²) in [6, 6.07) is 11.3. The Hall–Kier alpha value is -1.35. The third-order valence-electron chi connectivity index (χ3n) is 3.80. The van der Waals surface area contributed by atoms with Gasteiger partial charge in [0.2, 0.25) is 0 Å². The fourth-order valence-corrected chi connectivity index (χ4v) is 4.79. The number of amides is 1. The summed E-state index contributed by atoms with van der Waals surface area (Å²) in [6.07, 6.45) is 1.82. The third-order valence-corrected chi connectivity index (χ3v) is 6.22. The Bertz CT molecular complexity index is 945. The minimum absolute atomic E-state index is 0.139. The van der Waals surface area contributed by atoms with E-state index >= 15 is 0 Å². The second-order valence-electron chi connectivity index (χ2n) is 5.69. The predicted molar refractivity (Wildman–Crippen MR) is 126 cm³/mol. The molecule has 0 saturated carbocycles. The molecule has 0 aliphatic carbocycles. The predicted octanol–water partition coefficient (Wildman–Crippen LogP) is 6.41. The van der Waals surface area contributed by atoms with Gasteiger partial charge in [0.1, 0.15) is 0 Å². The van der Waals surface area contributed by atoms with Crippen molar-refractivity contribution in [1.29, 1.82) is 0 Å². The number of hydrogen-bond donors (Lipinski definition) is 0. The largest absolute Gasteiger partial charge is 0.490 e. The molecular formula is C20H17Br2NO3S2. The van der Waals surface area contributed by atoms with Gasteiger partial charge in [0, 0.05) is 4.47 Å². The lowest BCUT2D eigenvalue weighted by molar-refractivity contribution is -0.113. The molecule has 1 heterocycles. The van der Waals surface area contributed by atoms with Crippen LogP contribution in [0.4, 0.5) is 5.69 Å². The zero-order chi connectivity index (χ0) is 20.3. The van der Waals surface area contributed by atoms with Gasteiger partial charge in [-0.2, -0.15) is 0 Å². The minimum Gasteiger partial charge on any atom is -0.490 e. The van der Waals surface area contributed by atoms with E-state index < -0.39 is 0 Å². The summed E-state index contributed by atoms with van der Waals surface area (Å²) in [6.45, 7) is 4.88. The van der Waals surface area contributed by atoms with Gasteiger partial charge in [-0.3, -0.25) is 9.69 Å². The monoisotopic (exact) mass is 541 g/mol. The molecule has 3 rings (SSSR count). The van der Waals surface area contributed by atoms with Crippen LogP contribution < -0.4 is 14.4 Å². The number of hydrogen-bond acceptors (Lipinski definition) is 5. The van der Waals surface area contributed by atoms with Gasteiger partial charge in [-0.05, 0) is 77.8 Å². The van der Waals surface area contributed by atoms with Crippen LogP contribution in [0, 0.1) is 0 Å². The summed E-state index contributed by atoms with van der Waals surface area (Å²) in [7, 11) is 0. The molecule has 1 aliphatic heterocycles. The number of benzene rings is 2. The molecule has 2 aromatic rings. The van der Waals surface area contributed by atoms with E-state index in [2.05, 4.69) is 31.9 Å². The highest BCUT2D eigenvalue weighted by Gasteiger charge is 2.33. The summed E-state index contributed by atoms with van der Waals surface area (Å²) in [5.74, 6) is 1.15. The Labute approximate surface area is 190 Å². The number of ether oxygens (including phenoxy) is 2. The zero-order valence-electron chi connectivity index (χ0n) is 15.2. The molecule has 2 aromatic carbocycles. The van der Waals surface area contributed by atoms with Crippen molar-refractivity contribution in [2.24, 2.45) is 0 Å². The first-order valence-electron chi connectivity index (χ1n) is 8.57. The van der Waals surface area contributed by atoms with Crippen LogP contribution in [0.5, 0.6) is 11.5 Å². The molecule has 146 valence electrons. The van der Waals surface area contributed by atoms with Crippen molar-refractivity contribution in [3.63, 3.8) is 0 Å². The van der Waals surface area contributed by atoms with Crippen LogP contribution in [-0.2, 0) is 4.79 Å². The van der Waals surface area contributed by atoms with Crippen LogP contribution in [0.2, 0.25) is 0 Å². The number of carbonyl (C=O) groups excluding carboxylic acids is 1. The van der Waals surface area contributed by atoms with Crippen LogP contribution in [0.3, 0.4) is 0 Å². The van der Waals surface area contributed by atoms with Crippen LogP contribution in [0.25, 0.3) is 6.08 Å². The summed E-state index contributed by atoms with van der Waals surface area (Å²) in [5.41, 5.74) is 1.58. The molecule has 28 heavy (non-hydrogen) atoms. The van der Waals surface area contributed by atoms with Crippen LogP contribution in [-0.4, -0.2) is 23.4 Å². The van der Waals surface area contributed by atoms with E-state index in [1.54, 1.807) is 4.90 Å². The van der Waals surface area contributed by atoms with Gasteiger partial charge in [-0.25, -0.2) is 0 Å². The lowest BCUT2D eigenvalue weighted by Crippen LogP contribution is -2.27. The maximum absolute atomic E-state index is 12.9. The quantitative estimate of drug-likeness (QED) is 0.311. The highest BCUT2D eigenvalue weighted by molar-refractivity contribution is 9.10. The van der Waals surface area contributed by atoms with E-state index in [1.807, 2.05) is 56.3 Å². The third kappa shape index (κ3) is 4.62. The first kappa shape index (κ1) is 21.4. The standard InChI is InChI=1S/C20H17Br2NO3S2/c1-3-25-16-10-12(9-15(22)18(16)26-4-2)11-17-19(24)23(20(27)28-17)14-7-5-13(21)6-8-14/h5-11H,3-4H2,1-2H3/b17-11+. The number of thiocarbonyl (C=S) groups is 1. The number of anilines is 1. The molecule has 0 aromatic heterocycles. The van der Waals surface area contributed by atoms with Gasteiger partial charge in [0.25, 0.3) is 5.91 Å². The number of nitrogens with zero attached hydrogens (tertiary/aromatic N) is 1. The van der Waals surface area contributed by atoms with Gasteiger partial charge in [-0.1, -0.05) is 39.9 Å². The van der Waals surface area contributed by atoms with Crippen molar-refractivity contribution in [1.82, 2.24) is 0 Å². The molecule has 0 atom stereocenters. The molecule has 0 radical (unpaired) electrons. The van der Waals surface area contributed by atoms with Gasteiger partial charge in [0.05, 0.1) is 28.3 Å². The zero-order valence-corrected chi connectivity index (χ0v) is 20.0. The molecule has 0 spiro atoms. The number of carbonyl (C=O) groups is 1. The Balaban J connectivity index is 1.94. The van der Waals surface area contributed by atoms with E-state index in [1.165, 1.54) is 11.8 Å².